The first-order valence-corrected chi connectivity index (χ1v) is 5.55. The van der Waals surface area contributed by atoms with E-state index in [2.05, 4.69) is 10.1 Å². The lowest BCUT2D eigenvalue weighted by molar-refractivity contribution is 0.0939. The quantitative estimate of drug-likeness (QED) is 0.758. The molecule has 0 amide bonds. The van der Waals surface area contributed by atoms with Crippen molar-refractivity contribution < 1.29 is 9.32 Å². The van der Waals surface area contributed by atoms with Crippen LogP contribution in [0.3, 0.4) is 0 Å². The van der Waals surface area contributed by atoms with E-state index in [-0.39, 0.29) is 11.7 Å². The molecule has 0 saturated carbocycles. The van der Waals surface area contributed by atoms with Crippen molar-refractivity contribution in [1.29, 1.82) is 0 Å². The van der Waals surface area contributed by atoms with Crippen LogP contribution in [0.4, 0.5) is 0 Å². The van der Waals surface area contributed by atoms with Gasteiger partial charge >= 0.3 is 0 Å². The molecule has 0 fully saturated rings. The molecule has 0 spiro atoms. The summed E-state index contributed by atoms with van der Waals surface area (Å²) in [5.41, 5.74) is 0.722. The summed E-state index contributed by atoms with van der Waals surface area (Å²) in [6.45, 7) is 6.05. The van der Waals surface area contributed by atoms with Gasteiger partial charge in [0.1, 0.15) is 0 Å². The predicted molar refractivity (Wildman–Crippen MR) is 61.7 cm³/mol. The molecule has 2 aromatic heterocycles. The maximum absolute atomic E-state index is 11.8. The van der Waals surface area contributed by atoms with Crippen molar-refractivity contribution in [3.63, 3.8) is 0 Å². The molecule has 17 heavy (non-hydrogen) atoms. The van der Waals surface area contributed by atoms with E-state index in [0.29, 0.717) is 18.3 Å². The Morgan fingerprint density at radius 3 is 2.88 bits per heavy atom. The topological polar surface area (TPSA) is 60.9 Å². The van der Waals surface area contributed by atoms with E-state index in [1.165, 1.54) is 0 Å². The second-order valence-electron chi connectivity index (χ2n) is 4.32. The summed E-state index contributed by atoms with van der Waals surface area (Å²) in [5, 5.41) is 3.81. The summed E-state index contributed by atoms with van der Waals surface area (Å²) in [5.74, 6) is 1.32. The fourth-order valence-corrected chi connectivity index (χ4v) is 1.59. The van der Waals surface area contributed by atoms with E-state index in [4.69, 9.17) is 4.52 Å². The van der Waals surface area contributed by atoms with Crippen LogP contribution < -0.4 is 0 Å². The Labute approximate surface area is 99.4 Å². The summed E-state index contributed by atoms with van der Waals surface area (Å²) in [6, 6.07) is 1.81. The van der Waals surface area contributed by atoms with Gasteiger partial charge in [-0.3, -0.25) is 4.79 Å². The third-order valence-electron chi connectivity index (χ3n) is 2.45. The normalized spacial score (nSPS) is 11.1. The summed E-state index contributed by atoms with van der Waals surface area (Å²) >= 11 is 0. The average molecular weight is 233 g/mol. The lowest BCUT2D eigenvalue weighted by Crippen LogP contribution is -2.06. The lowest BCUT2D eigenvalue weighted by atomic mass is 10.0. The summed E-state index contributed by atoms with van der Waals surface area (Å²) in [6.07, 6.45) is 3.66. The zero-order valence-corrected chi connectivity index (χ0v) is 10.2. The number of aromatic nitrogens is 3. The molecule has 0 aromatic carbocycles. The number of nitrogens with zero attached hydrogens (tertiary/aromatic N) is 3. The molecule has 2 heterocycles. The minimum Gasteiger partial charge on any atom is -0.346 e. The Hall–Kier alpha value is -1.91. The van der Waals surface area contributed by atoms with Gasteiger partial charge in [0.15, 0.2) is 11.6 Å². The van der Waals surface area contributed by atoms with Gasteiger partial charge in [0.25, 0.3) is 0 Å². The third kappa shape index (κ3) is 2.61. The number of carbonyl (C=O) groups excluding carboxylic acids is 1. The summed E-state index contributed by atoms with van der Waals surface area (Å²) < 4.78 is 6.76. The first-order valence-electron chi connectivity index (χ1n) is 5.55. The van der Waals surface area contributed by atoms with Crippen LogP contribution in [0.15, 0.2) is 23.0 Å². The second-order valence-corrected chi connectivity index (χ2v) is 4.32. The molecule has 5 heteroatoms. The van der Waals surface area contributed by atoms with Crippen molar-refractivity contribution in [3.8, 4) is 0 Å². The van der Waals surface area contributed by atoms with Gasteiger partial charge in [-0.1, -0.05) is 19.0 Å². The smallest absolute Gasteiger partial charge is 0.223 e. The highest BCUT2D eigenvalue weighted by Crippen LogP contribution is 2.10. The van der Waals surface area contributed by atoms with Crippen molar-refractivity contribution in [3.05, 3.63) is 35.7 Å². The standard InChI is InChI=1S/C12H15N3O2/c1-8(2)12(16)10-4-5-15(6-10)7-11-13-9(3)17-14-11/h4-6,8H,7H2,1-3H3. The van der Waals surface area contributed by atoms with Crippen molar-refractivity contribution >= 4 is 5.78 Å². The highest BCUT2D eigenvalue weighted by atomic mass is 16.5. The molecule has 2 aromatic rings. The van der Waals surface area contributed by atoms with Gasteiger partial charge in [0.2, 0.25) is 5.89 Å². The summed E-state index contributed by atoms with van der Waals surface area (Å²) in [4.78, 5) is 15.9. The molecule has 0 N–H and O–H groups in total. The van der Waals surface area contributed by atoms with E-state index < -0.39 is 0 Å². The Balaban J connectivity index is 2.11. The van der Waals surface area contributed by atoms with Crippen molar-refractivity contribution in [1.82, 2.24) is 14.7 Å². The fourth-order valence-electron chi connectivity index (χ4n) is 1.59. The molecule has 0 aliphatic rings. The number of ketones is 1. The Morgan fingerprint density at radius 2 is 2.29 bits per heavy atom. The monoisotopic (exact) mass is 233 g/mol. The molecule has 0 radical (unpaired) electrons. The van der Waals surface area contributed by atoms with Gasteiger partial charge in [-0.2, -0.15) is 4.98 Å². The molecule has 5 nitrogen and oxygen atoms in total. The number of rotatable bonds is 4. The van der Waals surface area contributed by atoms with Crippen LogP contribution in [0.1, 0.15) is 35.9 Å². The Morgan fingerprint density at radius 1 is 1.53 bits per heavy atom. The largest absolute Gasteiger partial charge is 0.346 e. The summed E-state index contributed by atoms with van der Waals surface area (Å²) in [7, 11) is 0. The number of hydrogen-bond acceptors (Lipinski definition) is 4. The molecule has 2 rings (SSSR count). The molecule has 0 aliphatic heterocycles. The average Bonchev–Trinajstić information content (AvgIpc) is 2.87. The molecular formula is C12H15N3O2. The van der Waals surface area contributed by atoms with Crippen LogP contribution in [0.25, 0.3) is 0 Å². The first kappa shape index (κ1) is 11.6. The van der Waals surface area contributed by atoms with Crippen LogP contribution in [0, 0.1) is 12.8 Å². The number of carbonyl (C=O) groups is 1. The highest BCUT2D eigenvalue weighted by Gasteiger charge is 2.12. The predicted octanol–water partition coefficient (Wildman–Crippen LogP) is 2.07. The highest BCUT2D eigenvalue weighted by molar-refractivity contribution is 5.97. The van der Waals surface area contributed by atoms with E-state index in [0.717, 1.165) is 5.56 Å². The third-order valence-corrected chi connectivity index (χ3v) is 2.45. The number of aryl methyl sites for hydroxylation is 1. The van der Waals surface area contributed by atoms with Crippen molar-refractivity contribution in [2.75, 3.05) is 0 Å². The van der Waals surface area contributed by atoms with Crippen molar-refractivity contribution in [2.24, 2.45) is 5.92 Å². The van der Waals surface area contributed by atoms with Crippen LogP contribution >= 0.6 is 0 Å². The molecule has 0 saturated heterocycles. The van der Waals surface area contributed by atoms with Crippen LogP contribution in [-0.2, 0) is 6.54 Å². The SMILES string of the molecule is Cc1nc(Cn2ccc(C(=O)C(C)C)c2)no1. The number of hydrogen-bond donors (Lipinski definition) is 0. The van der Waals surface area contributed by atoms with E-state index in [1.54, 1.807) is 6.92 Å². The van der Waals surface area contributed by atoms with Gasteiger partial charge in [-0.25, -0.2) is 0 Å². The molecule has 0 aliphatic carbocycles. The lowest BCUT2D eigenvalue weighted by Gasteiger charge is -2.00. The zero-order chi connectivity index (χ0) is 12.4. The zero-order valence-electron chi connectivity index (χ0n) is 10.2. The van der Waals surface area contributed by atoms with Gasteiger partial charge in [-0.05, 0) is 6.07 Å². The van der Waals surface area contributed by atoms with Gasteiger partial charge in [0.05, 0.1) is 6.54 Å². The van der Waals surface area contributed by atoms with Crippen LogP contribution in [-0.4, -0.2) is 20.5 Å². The van der Waals surface area contributed by atoms with Gasteiger partial charge in [0, 0.05) is 30.8 Å². The molecule has 0 unspecified atom stereocenters. The second kappa shape index (κ2) is 4.53. The van der Waals surface area contributed by atoms with E-state index >= 15 is 0 Å². The molecular weight excluding hydrogens is 218 g/mol. The van der Waals surface area contributed by atoms with Gasteiger partial charge in [-0.15, -0.1) is 0 Å². The van der Waals surface area contributed by atoms with Gasteiger partial charge < -0.3 is 9.09 Å². The maximum Gasteiger partial charge on any atom is 0.223 e. The first-order chi connectivity index (χ1) is 8.06. The molecule has 90 valence electrons. The van der Waals surface area contributed by atoms with E-state index in [9.17, 15) is 4.79 Å². The van der Waals surface area contributed by atoms with E-state index in [1.807, 2.05) is 36.9 Å². The Bertz CT molecular complexity index is 525. The molecule has 0 atom stereocenters. The minimum absolute atomic E-state index is 0.0123. The minimum atomic E-state index is 0.0123. The maximum atomic E-state index is 11.8. The Kier molecular flexibility index (Phi) is 3.08. The van der Waals surface area contributed by atoms with Crippen molar-refractivity contribution in [2.45, 2.75) is 27.3 Å². The number of Topliss-reactive ketones (excluding diaryl/α,β-unsaturated/α-hetero) is 1. The fraction of sp³-hybridized carbons (Fsp3) is 0.417. The van der Waals surface area contributed by atoms with Crippen LogP contribution in [0.2, 0.25) is 0 Å². The molecule has 0 bridgehead atoms. The van der Waals surface area contributed by atoms with Crippen LogP contribution in [0.5, 0.6) is 0 Å².